The maximum atomic E-state index is 11.9. The third-order valence-corrected chi connectivity index (χ3v) is 9.56. The van der Waals surface area contributed by atoms with E-state index >= 15 is 0 Å². The van der Waals surface area contributed by atoms with Crippen molar-refractivity contribution in [2.45, 2.75) is 81.0 Å². The van der Waals surface area contributed by atoms with Crippen LogP contribution < -0.4 is 11.1 Å². The van der Waals surface area contributed by atoms with E-state index in [0.717, 1.165) is 36.6 Å². The molecule has 5 rings (SSSR count). The van der Waals surface area contributed by atoms with E-state index < -0.39 is 14.0 Å². The normalized spacial score (nSPS) is 14.6. The van der Waals surface area contributed by atoms with Crippen molar-refractivity contribution in [3.63, 3.8) is 0 Å². The number of carbonyl (C=O) groups excluding carboxylic acids is 1. The molecular formula is C27H35N5O2SSi. The third kappa shape index (κ3) is 5.53. The molecule has 0 spiro atoms. The minimum absolute atomic E-state index is 0.328. The van der Waals surface area contributed by atoms with Crippen LogP contribution in [0.3, 0.4) is 0 Å². The van der Waals surface area contributed by atoms with Gasteiger partial charge in [0, 0.05) is 25.3 Å². The molecule has 0 atom stereocenters. The molecule has 190 valence electrons. The number of hydrogen-bond acceptors (Lipinski definition) is 6. The molecule has 9 heteroatoms. The van der Waals surface area contributed by atoms with E-state index in [4.69, 9.17) is 20.6 Å². The first-order valence-electron chi connectivity index (χ1n) is 12.8. The number of nitrogens with two attached hydrogens (primary N) is 1. The average Bonchev–Trinajstić information content (AvgIpc) is 3.56. The van der Waals surface area contributed by atoms with Gasteiger partial charge in [0.2, 0.25) is 17.0 Å². The molecule has 0 bridgehead atoms. The lowest BCUT2D eigenvalue weighted by atomic mass is 9.99. The quantitative estimate of drug-likeness (QED) is 0.268. The van der Waals surface area contributed by atoms with Crippen molar-refractivity contribution in [2.75, 3.05) is 11.9 Å². The van der Waals surface area contributed by atoms with Crippen LogP contribution in [0.2, 0.25) is 25.7 Å². The van der Waals surface area contributed by atoms with Crippen LogP contribution >= 0.6 is 11.8 Å². The van der Waals surface area contributed by atoms with Gasteiger partial charge in [0.1, 0.15) is 6.73 Å². The highest BCUT2D eigenvalue weighted by atomic mass is 32.2. The first-order valence-corrected chi connectivity index (χ1v) is 17.3. The van der Waals surface area contributed by atoms with Crippen LogP contribution in [0.15, 0.2) is 40.4 Å². The molecule has 3 N–H and O–H groups in total. The van der Waals surface area contributed by atoms with Crippen molar-refractivity contribution < 1.29 is 9.53 Å². The van der Waals surface area contributed by atoms with Gasteiger partial charge in [-0.1, -0.05) is 37.8 Å². The zero-order chi connectivity index (χ0) is 25.3. The number of benzene rings is 2. The molecule has 0 saturated heterocycles. The van der Waals surface area contributed by atoms with Crippen LogP contribution in [0.25, 0.3) is 0 Å². The number of nitrogens with one attached hydrogen (secondary N) is 1. The van der Waals surface area contributed by atoms with Crippen LogP contribution in [0.5, 0.6) is 0 Å². The molecule has 0 radical (unpaired) electrons. The highest BCUT2D eigenvalue weighted by Crippen LogP contribution is 2.40. The van der Waals surface area contributed by atoms with Gasteiger partial charge in [0.05, 0.1) is 5.56 Å². The Morgan fingerprint density at radius 2 is 1.81 bits per heavy atom. The van der Waals surface area contributed by atoms with E-state index in [1.54, 1.807) is 6.07 Å². The molecule has 2 aromatic carbocycles. The highest BCUT2D eigenvalue weighted by molar-refractivity contribution is 7.99. The summed E-state index contributed by atoms with van der Waals surface area (Å²) in [6.07, 6.45) is 6.89. The molecule has 0 aliphatic heterocycles. The fraction of sp³-hybridized carbons (Fsp3) is 0.444. The van der Waals surface area contributed by atoms with Crippen LogP contribution in [0.4, 0.5) is 11.6 Å². The summed E-state index contributed by atoms with van der Waals surface area (Å²) in [5.74, 6) is 0.220. The van der Waals surface area contributed by atoms with Crippen molar-refractivity contribution in [1.29, 1.82) is 0 Å². The maximum Gasteiger partial charge on any atom is 0.249 e. The summed E-state index contributed by atoms with van der Waals surface area (Å²) < 4.78 is 7.87. The fourth-order valence-corrected chi connectivity index (χ4v) is 6.66. The molecular weight excluding hydrogens is 486 g/mol. The Kier molecular flexibility index (Phi) is 7.23. The van der Waals surface area contributed by atoms with Crippen molar-refractivity contribution in [3.05, 3.63) is 58.1 Å². The Labute approximate surface area is 218 Å². The summed E-state index contributed by atoms with van der Waals surface area (Å²) in [5, 5.41) is 9.01. The molecule has 0 fully saturated rings. The van der Waals surface area contributed by atoms with Gasteiger partial charge in [-0.2, -0.15) is 4.98 Å². The Morgan fingerprint density at radius 1 is 1.11 bits per heavy atom. The molecule has 0 unspecified atom stereocenters. The van der Waals surface area contributed by atoms with Gasteiger partial charge in [-0.15, -0.1) is 5.10 Å². The number of anilines is 2. The second kappa shape index (κ2) is 10.4. The van der Waals surface area contributed by atoms with E-state index in [1.165, 1.54) is 52.5 Å². The number of primary amides is 1. The van der Waals surface area contributed by atoms with Crippen molar-refractivity contribution >= 4 is 37.4 Å². The SMILES string of the molecule is C[Si](C)(C)CCOCn1nc(Sc2ccccc2C(N)=O)nc1Nc1c2c(cc3c1CCC3)CCC2. The smallest absolute Gasteiger partial charge is 0.249 e. The lowest BCUT2D eigenvalue weighted by molar-refractivity contribution is 0.0792. The van der Waals surface area contributed by atoms with Gasteiger partial charge >= 0.3 is 0 Å². The molecule has 2 aliphatic rings. The molecule has 1 aromatic heterocycles. The predicted octanol–water partition coefficient (Wildman–Crippen LogP) is 5.56. The number of amides is 1. The lowest BCUT2D eigenvalue weighted by Gasteiger charge is -2.18. The topological polar surface area (TPSA) is 95.1 Å². The molecule has 2 aliphatic carbocycles. The van der Waals surface area contributed by atoms with Gasteiger partial charge in [-0.3, -0.25) is 4.79 Å². The number of aryl methyl sites for hydroxylation is 2. The highest BCUT2D eigenvalue weighted by Gasteiger charge is 2.25. The average molecular weight is 522 g/mol. The number of hydrogen-bond donors (Lipinski definition) is 2. The number of rotatable bonds is 10. The van der Waals surface area contributed by atoms with Gasteiger partial charge in [-0.05, 0) is 90.7 Å². The Bertz CT molecular complexity index is 1250. The van der Waals surface area contributed by atoms with Crippen LogP contribution in [0.1, 0.15) is 45.5 Å². The van der Waals surface area contributed by atoms with Crippen molar-refractivity contribution in [3.8, 4) is 0 Å². The second-order valence-electron chi connectivity index (χ2n) is 10.9. The number of carbonyl (C=O) groups is 1. The number of fused-ring (bicyclic) bond motifs is 2. The first kappa shape index (κ1) is 25.0. The maximum absolute atomic E-state index is 11.9. The lowest BCUT2D eigenvalue weighted by Crippen LogP contribution is -2.22. The Balaban J connectivity index is 1.45. The van der Waals surface area contributed by atoms with Crippen molar-refractivity contribution in [1.82, 2.24) is 14.8 Å². The van der Waals surface area contributed by atoms with Gasteiger partial charge in [0.15, 0.2) is 0 Å². The molecule has 36 heavy (non-hydrogen) atoms. The summed E-state index contributed by atoms with van der Waals surface area (Å²) in [4.78, 5) is 17.5. The van der Waals surface area contributed by atoms with Crippen LogP contribution in [-0.4, -0.2) is 35.4 Å². The zero-order valence-electron chi connectivity index (χ0n) is 21.4. The number of ether oxygens (including phenoxy) is 1. The summed E-state index contributed by atoms with van der Waals surface area (Å²) in [6.45, 7) is 8.08. The first-order chi connectivity index (χ1) is 17.3. The van der Waals surface area contributed by atoms with E-state index in [9.17, 15) is 4.79 Å². The second-order valence-corrected chi connectivity index (χ2v) is 17.5. The van der Waals surface area contributed by atoms with E-state index in [-0.39, 0.29) is 0 Å². The Morgan fingerprint density at radius 3 is 2.47 bits per heavy atom. The minimum Gasteiger partial charge on any atom is -0.366 e. The summed E-state index contributed by atoms with van der Waals surface area (Å²) in [6, 6.07) is 10.8. The van der Waals surface area contributed by atoms with Gasteiger partial charge in [0.25, 0.3) is 0 Å². The monoisotopic (exact) mass is 521 g/mol. The van der Waals surface area contributed by atoms with E-state index in [1.807, 2.05) is 22.9 Å². The standard InChI is InChI=1S/C27H35N5O2SSi/c1-36(2,3)15-14-34-17-32-26(30-27(31-32)35-23-13-5-4-10-22(23)25(28)33)29-24-20-11-6-8-18(20)16-19-9-7-12-21(19)24/h4-5,10,13,16H,6-9,11-12,14-15,17H2,1-3H3,(H2,28,33)(H,29,30,31). The number of nitrogens with zero attached hydrogens (tertiary/aromatic N) is 3. The van der Waals surface area contributed by atoms with Gasteiger partial charge in [-0.25, -0.2) is 4.68 Å². The molecule has 3 aromatic rings. The fourth-order valence-electron chi connectivity index (χ4n) is 5.01. The Hall–Kier alpha value is -2.62. The third-order valence-electron chi connectivity index (χ3n) is 6.93. The van der Waals surface area contributed by atoms with Crippen LogP contribution in [0, 0.1) is 0 Å². The minimum atomic E-state index is -1.19. The van der Waals surface area contributed by atoms with Crippen LogP contribution in [-0.2, 0) is 37.2 Å². The zero-order valence-corrected chi connectivity index (χ0v) is 23.2. The predicted molar refractivity (Wildman–Crippen MR) is 147 cm³/mol. The van der Waals surface area contributed by atoms with Crippen molar-refractivity contribution in [2.24, 2.45) is 5.73 Å². The number of aromatic nitrogens is 3. The molecule has 1 amide bonds. The largest absolute Gasteiger partial charge is 0.366 e. The summed E-state index contributed by atoms with van der Waals surface area (Å²) >= 11 is 1.35. The molecule has 7 nitrogen and oxygen atoms in total. The molecule has 1 heterocycles. The summed E-state index contributed by atoms with van der Waals surface area (Å²) in [5.41, 5.74) is 13.1. The molecule has 0 saturated carbocycles. The van der Waals surface area contributed by atoms with Gasteiger partial charge < -0.3 is 15.8 Å². The van der Waals surface area contributed by atoms with E-state index in [2.05, 4.69) is 31.0 Å². The van der Waals surface area contributed by atoms with E-state index in [0.29, 0.717) is 30.0 Å². The summed E-state index contributed by atoms with van der Waals surface area (Å²) in [7, 11) is -1.19.